The van der Waals surface area contributed by atoms with Crippen LogP contribution in [0.5, 0.6) is 0 Å². The summed E-state index contributed by atoms with van der Waals surface area (Å²) in [7, 11) is 0. The Kier molecular flexibility index (Phi) is 3.59. The number of amides is 1. The van der Waals surface area contributed by atoms with Gasteiger partial charge in [-0.3, -0.25) is 4.79 Å². The quantitative estimate of drug-likeness (QED) is 0.605. The maximum Gasteiger partial charge on any atom is 0.228 e. The largest absolute Gasteiger partial charge is 0.361 e. The van der Waals surface area contributed by atoms with Crippen LogP contribution in [-0.2, 0) is 11.2 Å². The molecule has 0 bridgehead atoms. The Morgan fingerprint density at radius 3 is 2.92 bits per heavy atom. The van der Waals surface area contributed by atoms with Gasteiger partial charge in [0.2, 0.25) is 5.91 Å². The number of H-pyrrole nitrogens is 1. The van der Waals surface area contributed by atoms with E-state index in [9.17, 15) is 4.79 Å². The molecule has 24 heavy (non-hydrogen) atoms. The highest BCUT2D eigenvalue weighted by Gasteiger charge is 2.09. The highest BCUT2D eigenvalue weighted by molar-refractivity contribution is 5.95. The lowest BCUT2D eigenvalue weighted by Gasteiger charge is -2.07. The summed E-state index contributed by atoms with van der Waals surface area (Å²) in [6.45, 7) is 0. The SMILES string of the molecule is O=C(Cc1c[nH]c2ccccc12)Nc1cccc(-n2cccn2)c1. The molecule has 4 rings (SSSR count). The molecule has 118 valence electrons. The number of hydrogen-bond donors (Lipinski definition) is 2. The highest BCUT2D eigenvalue weighted by Crippen LogP contribution is 2.19. The summed E-state index contributed by atoms with van der Waals surface area (Å²) < 4.78 is 1.76. The van der Waals surface area contributed by atoms with Crippen LogP contribution in [0.15, 0.2) is 73.2 Å². The first-order valence-electron chi connectivity index (χ1n) is 7.74. The second-order valence-electron chi connectivity index (χ2n) is 5.59. The fraction of sp³-hybridized carbons (Fsp3) is 0.0526. The zero-order chi connectivity index (χ0) is 16.4. The number of anilines is 1. The molecule has 5 nitrogen and oxygen atoms in total. The second-order valence-corrected chi connectivity index (χ2v) is 5.59. The van der Waals surface area contributed by atoms with Gasteiger partial charge < -0.3 is 10.3 Å². The van der Waals surface area contributed by atoms with Crippen LogP contribution in [0.2, 0.25) is 0 Å². The lowest BCUT2D eigenvalue weighted by Crippen LogP contribution is -2.14. The molecule has 0 atom stereocenters. The predicted molar refractivity (Wildman–Crippen MR) is 94.2 cm³/mol. The van der Waals surface area contributed by atoms with E-state index in [2.05, 4.69) is 15.4 Å². The molecule has 2 aromatic carbocycles. The van der Waals surface area contributed by atoms with E-state index in [-0.39, 0.29) is 5.91 Å². The number of nitrogens with zero attached hydrogens (tertiary/aromatic N) is 2. The summed E-state index contributed by atoms with van der Waals surface area (Å²) >= 11 is 0. The summed E-state index contributed by atoms with van der Waals surface area (Å²) in [5, 5.41) is 8.24. The molecule has 0 saturated carbocycles. The lowest BCUT2D eigenvalue weighted by atomic mass is 10.1. The number of carbonyl (C=O) groups is 1. The first-order valence-corrected chi connectivity index (χ1v) is 7.74. The lowest BCUT2D eigenvalue weighted by molar-refractivity contribution is -0.115. The number of nitrogens with one attached hydrogen (secondary N) is 2. The third-order valence-corrected chi connectivity index (χ3v) is 3.92. The van der Waals surface area contributed by atoms with Gasteiger partial charge in [-0.15, -0.1) is 0 Å². The minimum absolute atomic E-state index is 0.0441. The van der Waals surface area contributed by atoms with E-state index in [1.807, 2.05) is 67.0 Å². The first-order chi connectivity index (χ1) is 11.8. The maximum atomic E-state index is 12.4. The number of hydrogen-bond acceptors (Lipinski definition) is 2. The summed E-state index contributed by atoms with van der Waals surface area (Å²) in [5.41, 5.74) is 3.70. The van der Waals surface area contributed by atoms with Crippen molar-refractivity contribution in [2.24, 2.45) is 0 Å². The molecule has 0 fully saturated rings. The molecule has 1 amide bonds. The van der Waals surface area contributed by atoms with Crippen LogP contribution in [0, 0.1) is 0 Å². The van der Waals surface area contributed by atoms with Gasteiger partial charge in [0.25, 0.3) is 0 Å². The Morgan fingerprint density at radius 2 is 2.04 bits per heavy atom. The first kappa shape index (κ1) is 14.3. The smallest absolute Gasteiger partial charge is 0.228 e. The number of benzene rings is 2. The summed E-state index contributed by atoms with van der Waals surface area (Å²) in [6, 6.07) is 17.5. The van der Waals surface area contributed by atoms with E-state index in [1.54, 1.807) is 10.9 Å². The average Bonchev–Trinajstić information content (AvgIpc) is 3.26. The van der Waals surface area contributed by atoms with Crippen LogP contribution < -0.4 is 5.32 Å². The second kappa shape index (κ2) is 6.04. The van der Waals surface area contributed by atoms with Crippen molar-refractivity contribution in [3.05, 3.63) is 78.8 Å². The standard InChI is InChI=1S/C19H16N4O/c24-19(11-14-13-20-18-8-2-1-7-17(14)18)22-15-5-3-6-16(12-15)23-10-4-9-21-23/h1-10,12-13,20H,11H2,(H,22,24). The fourth-order valence-electron chi connectivity index (χ4n) is 2.80. The number of aromatic amines is 1. The van der Waals surface area contributed by atoms with Crippen molar-refractivity contribution < 1.29 is 4.79 Å². The van der Waals surface area contributed by atoms with Crippen molar-refractivity contribution in [1.82, 2.24) is 14.8 Å². The van der Waals surface area contributed by atoms with Gasteiger partial charge >= 0.3 is 0 Å². The van der Waals surface area contributed by atoms with Gasteiger partial charge in [0.05, 0.1) is 12.1 Å². The van der Waals surface area contributed by atoms with E-state index in [1.165, 1.54) is 0 Å². The van der Waals surface area contributed by atoms with Crippen LogP contribution in [-0.4, -0.2) is 20.7 Å². The molecule has 0 saturated heterocycles. The Labute approximate surface area is 138 Å². The molecule has 0 aliphatic carbocycles. The fourth-order valence-corrected chi connectivity index (χ4v) is 2.80. The molecule has 0 aliphatic heterocycles. The molecule has 0 radical (unpaired) electrons. The zero-order valence-electron chi connectivity index (χ0n) is 12.9. The Morgan fingerprint density at radius 1 is 1.12 bits per heavy atom. The third-order valence-electron chi connectivity index (χ3n) is 3.92. The van der Waals surface area contributed by atoms with Gasteiger partial charge in [-0.25, -0.2) is 4.68 Å². The highest BCUT2D eigenvalue weighted by atomic mass is 16.1. The Hall–Kier alpha value is -3.34. The average molecular weight is 316 g/mol. The van der Waals surface area contributed by atoms with Crippen molar-refractivity contribution in [1.29, 1.82) is 0 Å². The molecule has 0 spiro atoms. The molecule has 5 heteroatoms. The molecule has 2 N–H and O–H groups in total. The Bertz CT molecular complexity index is 985. The van der Waals surface area contributed by atoms with Crippen LogP contribution in [0.25, 0.3) is 16.6 Å². The number of rotatable bonds is 4. The van der Waals surface area contributed by atoms with Crippen molar-refractivity contribution in [2.75, 3.05) is 5.32 Å². The van der Waals surface area contributed by atoms with Crippen LogP contribution in [0.3, 0.4) is 0 Å². The van der Waals surface area contributed by atoms with Crippen molar-refractivity contribution in [3.63, 3.8) is 0 Å². The maximum absolute atomic E-state index is 12.4. The van der Waals surface area contributed by atoms with Crippen LogP contribution in [0.1, 0.15) is 5.56 Å². The van der Waals surface area contributed by atoms with Crippen molar-refractivity contribution in [3.8, 4) is 5.69 Å². The molecule has 0 unspecified atom stereocenters. The zero-order valence-corrected chi connectivity index (χ0v) is 12.9. The summed E-state index contributed by atoms with van der Waals surface area (Å²) in [6.07, 6.45) is 5.82. The van der Waals surface area contributed by atoms with E-state index in [0.717, 1.165) is 27.8 Å². The molecular weight excluding hydrogens is 300 g/mol. The van der Waals surface area contributed by atoms with Crippen LogP contribution >= 0.6 is 0 Å². The predicted octanol–water partition coefficient (Wildman–Crippen LogP) is 3.53. The minimum Gasteiger partial charge on any atom is -0.361 e. The number of carbonyl (C=O) groups excluding carboxylic acids is 1. The van der Waals surface area contributed by atoms with Gasteiger partial charge in [-0.1, -0.05) is 24.3 Å². The Balaban J connectivity index is 1.51. The van der Waals surface area contributed by atoms with Crippen molar-refractivity contribution in [2.45, 2.75) is 6.42 Å². The molecule has 0 aliphatic rings. The number of para-hydroxylation sites is 1. The number of aromatic nitrogens is 3. The van der Waals surface area contributed by atoms with Gasteiger partial charge in [0.15, 0.2) is 0 Å². The number of fused-ring (bicyclic) bond motifs is 1. The van der Waals surface area contributed by atoms with Gasteiger partial charge in [0, 0.05) is 35.2 Å². The van der Waals surface area contributed by atoms with Crippen molar-refractivity contribution >= 4 is 22.5 Å². The van der Waals surface area contributed by atoms with Crippen LogP contribution in [0.4, 0.5) is 5.69 Å². The summed E-state index contributed by atoms with van der Waals surface area (Å²) in [5.74, 6) is -0.0441. The third kappa shape index (κ3) is 2.79. The van der Waals surface area contributed by atoms with Gasteiger partial charge in [-0.2, -0.15) is 5.10 Å². The van der Waals surface area contributed by atoms with Gasteiger partial charge in [-0.05, 0) is 35.9 Å². The molecule has 2 heterocycles. The van der Waals surface area contributed by atoms with E-state index < -0.39 is 0 Å². The monoisotopic (exact) mass is 316 g/mol. The molecule has 2 aromatic heterocycles. The van der Waals surface area contributed by atoms with E-state index in [0.29, 0.717) is 6.42 Å². The van der Waals surface area contributed by atoms with E-state index in [4.69, 9.17) is 0 Å². The topological polar surface area (TPSA) is 62.7 Å². The molecule has 4 aromatic rings. The minimum atomic E-state index is -0.0441. The van der Waals surface area contributed by atoms with Gasteiger partial charge in [0.1, 0.15) is 0 Å². The molecular formula is C19H16N4O. The normalized spacial score (nSPS) is 10.8. The summed E-state index contributed by atoms with van der Waals surface area (Å²) in [4.78, 5) is 15.6. The van der Waals surface area contributed by atoms with E-state index >= 15 is 0 Å².